The van der Waals surface area contributed by atoms with Crippen LogP contribution >= 0.6 is 0 Å². The van der Waals surface area contributed by atoms with Gasteiger partial charge >= 0.3 is 0 Å². The number of nitrogens with zero attached hydrogens (tertiary/aromatic N) is 2. The van der Waals surface area contributed by atoms with Crippen molar-refractivity contribution in [2.75, 3.05) is 16.8 Å². The lowest BCUT2D eigenvalue weighted by molar-refractivity contribution is 0.102. The molecule has 142 valence electrons. The third-order valence-corrected chi connectivity index (χ3v) is 4.67. The number of aromatic nitrogens is 1. The fourth-order valence-corrected chi connectivity index (χ4v) is 3.43. The van der Waals surface area contributed by atoms with Crippen LogP contribution in [0.5, 0.6) is 5.75 Å². The quantitative estimate of drug-likeness (QED) is 0.697. The van der Waals surface area contributed by atoms with Gasteiger partial charge in [-0.1, -0.05) is 30.3 Å². The summed E-state index contributed by atoms with van der Waals surface area (Å²) < 4.78 is 5.78. The van der Waals surface area contributed by atoms with Gasteiger partial charge in [-0.3, -0.25) is 9.78 Å². The summed E-state index contributed by atoms with van der Waals surface area (Å²) in [6.07, 6.45) is 2.71. The smallest absolute Gasteiger partial charge is 0.274 e. The number of carbonyl (C=O) groups is 1. The number of nitrogens with one attached hydrogen (secondary N) is 1. The minimum atomic E-state index is -0.255. The summed E-state index contributed by atoms with van der Waals surface area (Å²) in [4.78, 5) is 19.3. The second kappa shape index (κ2) is 7.72. The van der Waals surface area contributed by atoms with Gasteiger partial charge < -0.3 is 15.0 Å². The van der Waals surface area contributed by atoms with Crippen LogP contribution in [0.25, 0.3) is 0 Å². The molecule has 0 bridgehead atoms. The number of anilines is 3. The molecule has 3 aromatic rings. The third-order valence-electron chi connectivity index (χ3n) is 4.67. The summed E-state index contributed by atoms with van der Waals surface area (Å²) in [5.74, 6) is 0.393. The summed E-state index contributed by atoms with van der Waals surface area (Å²) >= 11 is 0. The van der Waals surface area contributed by atoms with Crippen LogP contribution in [-0.2, 0) is 6.42 Å². The van der Waals surface area contributed by atoms with Crippen LogP contribution in [0.2, 0.25) is 0 Å². The number of ether oxygens (including phenoxy) is 1. The minimum absolute atomic E-state index is 0.0229. The average molecular weight is 373 g/mol. The van der Waals surface area contributed by atoms with Crippen molar-refractivity contribution in [2.24, 2.45) is 0 Å². The molecule has 5 heteroatoms. The van der Waals surface area contributed by atoms with E-state index in [-0.39, 0.29) is 12.0 Å². The topological polar surface area (TPSA) is 54.5 Å². The summed E-state index contributed by atoms with van der Waals surface area (Å²) in [6, 6.07) is 19.6. The van der Waals surface area contributed by atoms with Crippen molar-refractivity contribution in [1.29, 1.82) is 0 Å². The highest BCUT2D eigenvalue weighted by Gasteiger charge is 2.21. The predicted octanol–water partition coefficient (Wildman–Crippen LogP) is 4.82. The first-order valence-corrected chi connectivity index (χ1v) is 9.50. The van der Waals surface area contributed by atoms with E-state index in [2.05, 4.69) is 33.4 Å². The molecule has 4 rings (SSSR count). The Morgan fingerprint density at radius 1 is 1.11 bits per heavy atom. The second-order valence-electron chi connectivity index (χ2n) is 7.05. The van der Waals surface area contributed by atoms with E-state index in [0.717, 1.165) is 18.7 Å². The Labute approximate surface area is 165 Å². The Hall–Kier alpha value is -3.34. The zero-order valence-electron chi connectivity index (χ0n) is 16.1. The van der Waals surface area contributed by atoms with Crippen molar-refractivity contribution in [2.45, 2.75) is 26.4 Å². The van der Waals surface area contributed by atoms with E-state index in [4.69, 9.17) is 4.74 Å². The molecule has 0 atom stereocenters. The molecule has 1 amide bonds. The first-order chi connectivity index (χ1) is 13.6. The normalized spacial score (nSPS) is 12.8. The SMILES string of the molecule is CC(C)Oc1ccccc1NC(=O)c1cc(N2CCc3ccccc32)ccn1. The highest BCUT2D eigenvalue weighted by Crippen LogP contribution is 2.34. The van der Waals surface area contributed by atoms with E-state index in [0.29, 0.717) is 17.1 Å². The van der Waals surface area contributed by atoms with Crippen molar-refractivity contribution in [3.05, 3.63) is 78.1 Å². The molecule has 0 saturated carbocycles. The number of para-hydroxylation sites is 3. The fraction of sp³-hybridized carbons (Fsp3) is 0.217. The van der Waals surface area contributed by atoms with Crippen LogP contribution in [0.1, 0.15) is 29.9 Å². The molecule has 28 heavy (non-hydrogen) atoms. The van der Waals surface area contributed by atoms with Crippen molar-refractivity contribution in [1.82, 2.24) is 4.98 Å². The second-order valence-corrected chi connectivity index (χ2v) is 7.05. The van der Waals surface area contributed by atoms with Crippen molar-refractivity contribution >= 4 is 23.0 Å². The van der Waals surface area contributed by atoms with Gasteiger partial charge in [0.1, 0.15) is 11.4 Å². The molecular weight excluding hydrogens is 350 g/mol. The molecule has 0 fully saturated rings. The number of hydrogen-bond acceptors (Lipinski definition) is 4. The Kier molecular flexibility index (Phi) is 4.98. The zero-order chi connectivity index (χ0) is 19.5. The lowest BCUT2D eigenvalue weighted by Crippen LogP contribution is -2.18. The molecular formula is C23H23N3O2. The number of pyridine rings is 1. The van der Waals surface area contributed by atoms with E-state index < -0.39 is 0 Å². The van der Waals surface area contributed by atoms with Crippen LogP contribution < -0.4 is 15.0 Å². The van der Waals surface area contributed by atoms with E-state index in [1.807, 2.05) is 56.3 Å². The van der Waals surface area contributed by atoms with E-state index in [1.165, 1.54) is 11.3 Å². The van der Waals surface area contributed by atoms with Gasteiger partial charge in [-0.2, -0.15) is 0 Å². The van der Waals surface area contributed by atoms with Gasteiger partial charge in [0.25, 0.3) is 5.91 Å². The molecule has 1 aliphatic rings. The molecule has 1 aromatic heterocycles. The van der Waals surface area contributed by atoms with Gasteiger partial charge in [0.2, 0.25) is 0 Å². The van der Waals surface area contributed by atoms with Crippen LogP contribution in [0, 0.1) is 0 Å². The maximum Gasteiger partial charge on any atom is 0.274 e. The molecule has 0 aliphatic carbocycles. The van der Waals surface area contributed by atoms with E-state index in [9.17, 15) is 4.79 Å². The monoisotopic (exact) mass is 373 g/mol. The molecule has 1 aliphatic heterocycles. The summed E-state index contributed by atoms with van der Waals surface area (Å²) in [5, 5.41) is 2.92. The molecule has 2 heterocycles. The van der Waals surface area contributed by atoms with E-state index in [1.54, 1.807) is 6.20 Å². The fourth-order valence-electron chi connectivity index (χ4n) is 3.43. The van der Waals surface area contributed by atoms with Crippen LogP contribution in [0.3, 0.4) is 0 Å². The first kappa shape index (κ1) is 18.0. The van der Waals surface area contributed by atoms with Crippen molar-refractivity contribution < 1.29 is 9.53 Å². The van der Waals surface area contributed by atoms with Crippen LogP contribution in [0.4, 0.5) is 17.1 Å². The summed E-state index contributed by atoms with van der Waals surface area (Å²) in [6.45, 7) is 4.81. The lowest BCUT2D eigenvalue weighted by Gasteiger charge is -2.20. The number of rotatable bonds is 5. The van der Waals surface area contributed by atoms with Crippen LogP contribution in [-0.4, -0.2) is 23.5 Å². The Bertz CT molecular complexity index is 1000. The zero-order valence-corrected chi connectivity index (χ0v) is 16.1. The van der Waals surface area contributed by atoms with Gasteiger partial charge in [-0.15, -0.1) is 0 Å². The number of hydrogen-bond donors (Lipinski definition) is 1. The molecule has 2 aromatic carbocycles. The number of fused-ring (bicyclic) bond motifs is 1. The number of carbonyl (C=O) groups excluding carboxylic acids is 1. The number of benzene rings is 2. The van der Waals surface area contributed by atoms with Crippen molar-refractivity contribution in [3.63, 3.8) is 0 Å². The van der Waals surface area contributed by atoms with Gasteiger partial charge in [0.15, 0.2) is 0 Å². The highest BCUT2D eigenvalue weighted by atomic mass is 16.5. The standard InChI is InChI=1S/C23H23N3O2/c1-16(2)28-22-10-6-4-8-19(22)25-23(27)20-15-18(11-13-24-20)26-14-12-17-7-3-5-9-21(17)26/h3-11,13,15-16H,12,14H2,1-2H3,(H,25,27). The lowest BCUT2D eigenvalue weighted by atomic mass is 10.2. The van der Waals surface area contributed by atoms with E-state index >= 15 is 0 Å². The molecule has 0 saturated heterocycles. The van der Waals surface area contributed by atoms with Crippen molar-refractivity contribution in [3.8, 4) is 5.75 Å². The summed E-state index contributed by atoms with van der Waals surface area (Å²) in [7, 11) is 0. The van der Waals surface area contributed by atoms with Crippen LogP contribution in [0.15, 0.2) is 66.9 Å². The Morgan fingerprint density at radius 3 is 2.75 bits per heavy atom. The minimum Gasteiger partial charge on any atom is -0.489 e. The molecule has 0 unspecified atom stereocenters. The molecule has 1 N–H and O–H groups in total. The summed E-state index contributed by atoms with van der Waals surface area (Å²) in [5.41, 5.74) is 4.50. The average Bonchev–Trinajstić information content (AvgIpc) is 3.13. The van der Waals surface area contributed by atoms with Gasteiger partial charge in [0.05, 0.1) is 11.8 Å². The van der Waals surface area contributed by atoms with Gasteiger partial charge in [-0.05, 0) is 56.2 Å². The van der Waals surface area contributed by atoms with Gasteiger partial charge in [-0.25, -0.2) is 0 Å². The maximum absolute atomic E-state index is 12.8. The molecule has 0 spiro atoms. The highest BCUT2D eigenvalue weighted by molar-refractivity contribution is 6.04. The third kappa shape index (κ3) is 3.69. The molecule has 0 radical (unpaired) electrons. The van der Waals surface area contributed by atoms with Gasteiger partial charge in [0, 0.05) is 24.1 Å². The maximum atomic E-state index is 12.8. The molecule has 5 nitrogen and oxygen atoms in total. The first-order valence-electron chi connectivity index (χ1n) is 9.50. The Balaban J connectivity index is 1.57. The number of amides is 1. The Morgan fingerprint density at radius 2 is 1.89 bits per heavy atom. The largest absolute Gasteiger partial charge is 0.489 e. The predicted molar refractivity (Wildman–Crippen MR) is 112 cm³/mol.